The summed E-state index contributed by atoms with van der Waals surface area (Å²) >= 11 is 0. The van der Waals surface area contributed by atoms with E-state index < -0.39 is 4.92 Å². The van der Waals surface area contributed by atoms with Crippen molar-refractivity contribution in [3.8, 4) is 0 Å². The minimum atomic E-state index is -0.464. The minimum absolute atomic E-state index is 0.0276. The van der Waals surface area contributed by atoms with Gasteiger partial charge in [-0.05, 0) is 30.7 Å². The van der Waals surface area contributed by atoms with Gasteiger partial charge in [0.05, 0.1) is 17.0 Å². The molecule has 0 aliphatic carbocycles. The first kappa shape index (κ1) is 17.9. The van der Waals surface area contributed by atoms with Crippen LogP contribution in [0.2, 0.25) is 0 Å². The minimum Gasteiger partial charge on any atom is -0.353 e. The number of carbonyl (C=O) groups is 1. The fourth-order valence-corrected chi connectivity index (χ4v) is 3.35. The third kappa shape index (κ3) is 3.64. The van der Waals surface area contributed by atoms with Crippen molar-refractivity contribution in [1.82, 2.24) is 19.3 Å². The van der Waals surface area contributed by atoms with Crippen molar-refractivity contribution in [2.24, 2.45) is 0 Å². The van der Waals surface area contributed by atoms with Crippen LogP contribution < -0.4 is 4.90 Å². The molecule has 1 saturated heterocycles. The van der Waals surface area contributed by atoms with Gasteiger partial charge in [-0.3, -0.25) is 14.9 Å². The summed E-state index contributed by atoms with van der Waals surface area (Å²) in [6.45, 7) is 4.47. The molecule has 9 nitrogen and oxygen atoms in total. The van der Waals surface area contributed by atoms with Gasteiger partial charge in [0, 0.05) is 44.6 Å². The Morgan fingerprint density at radius 3 is 2.68 bits per heavy atom. The molecule has 1 aliphatic heterocycles. The van der Waals surface area contributed by atoms with Gasteiger partial charge in [0.15, 0.2) is 0 Å². The van der Waals surface area contributed by atoms with Gasteiger partial charge >= 0.3 is 0 Å². The number of imidazole rings is 1. The van der Waals surface area contributed by atoms with Gasteiger partial charge in [-0.2, -0.15) is 0 Å². The van der Waals surface area contributed by atoms with Gasteiger partial charge in [-0.1, -0.05) is 0 Å². The molecule has 3 aromatic rings. The number of hydrogen-bond acceptors (Lipinski definition) is 6. The summed E-state index contributed by atoms with van der Waals surface area (Å²) in [7, 11) is 0. The number of nitro groups is 1. The summed E-state index contributed by atoms with van der Waals surface area (Å²) in [5, 5.41) is 10.7. The topological polar surface area (TPSA) is 96.9 Å². The van der Waals surface area contributed by atoms with Crippen molar-refractivity contribution in [3.63, 3.8) is 0 Å². The van der Waals surface area contributed by atoms with Crippen molar-refractivity contribution in [2.75, 3.05) is 31.1 Å². The second-order valence-corrected chi connectivity index (χ2v) is 6.88. The van der Waals surface area contributed by atoms with Crippen LogP contribution in [0.3, 0.4) is 0 Å². The van der Waals surface area contributed by atoms with Crippen molar-refractivity contribution in [1.29, 1.82) is 0 Å². The second kappa shape index (κ2) is 7.26. The Kier molecular flexibility index (Phi) is 4.64. The molecule has 28 heavy (non-hydrogen) atoms. The van der Waals surface area contributed by atoms with Gasteiger partial charge in [-0.25, -0.2) is 9.97 Å². The van der Waals surface area contributed by atoms with Crippen molar-refractivity contribution in [2.45, 2.75) is 13.3 Å². The number of nitrogens with zero attached hydrogens (tertiary/aromatic N) is 6. The molecule has 1 fully saturated rings. The van der Waals surface area contributed by atoms with Crippen LogP contribution in [-0.4, -0.2) is 56.3 Å². The van der Waals surface area contributed by atoms with E-state index in [-0.39, 0.29) is 18.0 Å². The molecular formula is C19H20N6O3. The molecule has 1 amide bonds. The van der Waals surface area contributed by atoms with Crippen molar-refractivity contribution >= 4 is 23.1 Å². The lowest BCUT2D eigenvalue weighted by Gasteiger charge is -2.35. The van der Waals surface area contributed by atoms with Crippen LogP contribution >= 0.6 is 0 Å². The Hall–Kier alpha value is -3.49. The Morgan fingerprint density at radius 1 is 1.21 bits per heavy atom. The Bertz CT molecular complexity index is 1020. The van der Waals surface area contributed by atoms with Gasteiger partial charge in [-0.15, -0.1) is 0 Å². The molecule has 1 aliphatic rings. The molecule has 0 atom stereocenters. The number of pyridine rings is 2. The number of amides is 1. The largest absolute Gasteiger partial charge is 0.353 e. The quantitative estimate of drug-likeness (QED) is 0.506. The van der Waals surface area contributed by atoms with Crippen LogP contribution in [0.15, 0.2) is 42.9 Å². The van der Waals surface area contributed by atoms with Crippen LogP contribution in [0.4, 0.5) is 11.5 Å². The van der Waals surface area contributed by atoms with Crippen LogP contribution in [0.5, 0.6) is 0 Å². The van der Waals surface area contributed by atoms with E-state index in [1.165, 1.54) is 12.3 Å². The average Bonchev–Trinajstić information content (AvgIpc) is 3.09. The number of fused-ring (bicyclic) bond motifs is 1. The maximum atomic E-state index is 12.6. The molecule has 3 aromatic heterocycles. The number of aromatic nitrogens is 3. The molecule has 0 radical (unpaired) electrons. The number of hydrogen-bond donors (Lipinski definition) is 0. The van der Waals surface area contributed by atoms with E-state index in [2.05, 4.69) is 9.97 Å². The summed E-state index contributed by atoms with van der Waals surface area (Å²) in [6, 6.07) is 7.09. The number of piperazine rings is 1. The highest BCUT2D eigenvalue weighted by Crippen LogP contribution is 2.18. The number of aryl methyl sites for hydroxylation is 1. The molecule has 144 valence electrons. The van der Waals surface area contributed by atoms with E-state index in [9.17, 15) is 14.9 Å². The lowest BCUT2D eigenvalue weighted by molar-refractivity contribution is -0.385. The van der Waals surface area contributed by atoms with Gasteiger partial charge in [0.1, 0.15) is 17.7 Å². The van der Waals surface area contributed by atoms with Crippen LogP contribution in [-0.2, 0) is 11.2 Å². The summed E-state index contributed by atoms with van der Waals surface area (Å²) < 4.78 is 1.92. The normalized spacial score (nSPS) is 14.5. The first-order valence-electron chi connectivity index (χ1n) is 9.07. The Morgan fingerprint density at radius 2 is 2.00 bits per heavy atom. The Balaban J connectivity index is 1.36. The zero-order valence-electron chi connectivity index (χ0n) is 15.5. The fourth-order valence-electron chi connectivity index (χ4n) is 3.35. The number of carbonyl (C=O) groups excluding carboxylic acids is 1. The van der Waals surface area contributed by atoms with Crippen LogP contribution in [0.25, 0.3) is 5.65 Å². The van der Waals surface area contributed by atoms with Crippen molar-refractivity contribution in [3.05, 3.63) is 64.2 Å². The smallest absolute Gasteiger partial charge is 0.287 e. The highest BCUT2D eigenvalue weighted by Gasteiger charge is 2.23. The van der Waals surface area contributed by atoms with Crippen molar-refractivity contribution < 1.29 is 9.72 Å². The molecule has 0 spiro atoms. The van der Waals surface area contributed by atoms with E-state index in [4.69, 9.17) is 0 Å². The lowest BCUT2D eigenvalue weighted by Crippen LogP contribution is -2.49. The average molecular weight is 380 g/mol. The van der Waals surface area contributed by atoms with Crippen LogP contribution in [0, 0.1) is 17.0 Å². The van der Waals surface area contributed by atoms with E-state index in [1.54, 1.807) is 6.07 Å². The molecule has 0 saturated carbocycles. The van der Waals surface area contributed by atoms with Gasteiger partial charge in [0.25, 0.3) is 5.69 Å². The Labute approximate surface area is 161 Å². The van der Waals surface area contributed by atoms with Gasteiger partial charge < -0.3 is 14.2 Å². The van der Waals surface area contributed by atoms with Gasteiger partial charge in [0.2, 0.25) is 5.91 Å². The predicted molar refractivity (Wildman–Crippen MR) is 103 cm³/mol. The number of rotatable bonds is 4. The standard InChI is InChI=1S/C19H20N6O3/c1-14-4-5-24-13-15(21-18(24)10-14)11-19(26)23-8-6-22(7-9-23)17-3-2-16(12-20-17)25(27)28/h2-5,10,12-13H,6-9,11H2,1H3. The molecule has 0 bridgehead atoms. The second-order valence-electron chi connectivity index (χ2n) is 6.88. The predicted octanol–water partition coefficient (Wildman–Crippen LogP) is 1.84. The lowest BCUT2D eigenvalue weighted by atomic mass is 10.2. The highest BCUT2D eigenvalue weighted by molar-refractivity contribution is 5.78. The number of anilines is 1. The van der Waals surface area contributed by atoms with E-state index >= 15 is 0 Å². The zero-order chi connectivity index (χ0) is 19.7. The van der Waals surface area contributed by atoms with E-state index in [1.807, 2.05) is 45.7 Å². The molecule has 0 aromatic carbocycles. The summed E-state index contributed by atoms with van der Waals surface area (Å²) in [5.41, 5.74) is 2.71. The van der Waals surface area contributed by atoms with E-state index in [0.29, 0.717) is 32.0 Å². The molecule has 9 heteroatoms. The maximum Gasteiger partial charge on any atom is 0.287 e. The van der Waals surface area contributed by atoms with Crippen LogP contribution in [0.1, 0.15) is 11.3 Å². The first-order valence-corrected chi connectivity index (χ1v) is 9.07. The molecule has 4 heterocycles. The monoisotopic (exact) mass is 380 g/mol. The first-order chi connectivity index (χ1) is 13.5. The SMILES string of the molecule is Cc1ccn2cc(CC(=O)N3CCN(c4ccc([N+](=O)[O-])cn4)CC3)nc2c1. The summed E-state index contributed by atoms with van der Waals surface area (Å²) in [6.07, 6.45) is 5.37. The maximum absolute atomic E-state index is 12.6. The molecule has 0 N–H and O–H groups in total. The van der Waals surface area contributed by atoms with E-state index in [0.717, 1.165) is 16.9 Å². The summed E-state index contributed by atoms with van der Waals surface area (Å²) in [4.78, 5) is 35.5. The third-order valence-electron chi connectivity index (χ3n) is 4.90. The summed E-state index contributed by atoms with van der Waals surface area (Å²) in [5.74, 6) is 0.741. The highest BCUT2D eigenvalue weighted by atomic mass is 16.6. The molecule has 4 rings (SSSR count). The third-order valence-corrected chi connectivity index (χ3v) is 4.90. The fraction of sp³-hybridized carbons (Fsp3) is 0.316. The molecular weight excluding hydrogens is 360 g/mol. The molecule has 0 unspecified atom stereocenters. The zero-order valence-corrected chi connectivity index (χ0v) is 15.5.